The molecular formula is C22H43NO5. The molecule has 0 saturated carbocycles. The molecule has 0 aliphatic carbocycles. The summed E-state index contributed by atoms with van der Waals surface area (Å²) in [5.41, 5.74) is 0. The average Bonchev–Trinajstić information content (AvgIpc) is 3.63. The Labute approximate surface area is 172 Å². The van der Waals surface area contributed by atoms with Crippen molar-refractivity contribution in [1.82, 2.24) is 4.90 Å². The first-order valence-corrected chi connectivity index (χ1v) is 11.3. The van der Waals surface area contributed by atoms with Gasteiger partial charge < -0.3 is 23.7 Å². The summed E-state index contributed by atoms with van der Waals surface area (Å²) in [6, 6.07) is 0. The Morgan fingerprint density at radius 2 is 1.32 bits per heavy atom. The van der Waals surface area contributed by atoms with Gasteiger partial charge in [0.1, 0.15) is 0 Å². The summed E-state index contributed by atoms with van der Waals surface area (Å²) < 4.78 is 28.0. The van der Waals surface area contributed by atoms with E-state index in [1.165, 1.54) is 38.5 Å². The predicted molar refractivity (Wildman–Crippen MR) is 110 cm³/mol. The largest absolute Gasteiger partial charge is 0.372 e. The van der Waals surface area contributed by atoms with Crippen LogP contribution >= 0.6 is 0 Å². The van der Waals surface area contributed by atoms with Crippen LogP contribution in [-0.2, 0) is 23.7 Å². The Balaban J connectivity index is 1.78. The highest BCUT2D eigenvalue weighted by Gasteiger charge is 2.39. The molecule has 0 bridgehead atoms. The molecule has 6 nitrogen and oxygen atoms in total. The molecule has 2 fully saturated rings. The summed E-state index contributed by atoms with van der Waals surface area (Å²) in [5, 5.41) is 0. The average molecular weight is 402 g/mol. The Hall–Kier alpha value is -0.240. The van der Waals surface area contributed by atoms with Gasteiger partial charge >= 0.3 is 0 Å². The van der Waals surface area contributed by atoms with Gasteiger partial charge in [0.15, 0.2) is 0 Å². The summed E-state index contributed by atoms with van der Waals surface area (Å²) in [6.45, 7) is 7.16. The first kappa shape index (κ1) is 24.0. The highest BCUT2D eigenvalue weighted by molar-refractivity contribution is 4.81. The van der Waals surface area contributed by atoms with Crippen molar-refractivity contribution in [1.29, 1.82) is 0 Å². The molecule has 0 aromatic carbocycles. The van der Waals surface area contributed by atoms with Crippen LogP contribution in [0.25, 0.3) is 0 Å². The Morgan fingerprint density at radius 3 is 1.82 bits per heavy atom. The van der Waals surface area contributed by atoms with Crippen LogP contribution in [0.5, 0.6) is 0 Å². The molecule has 0 radical (unpaired) electrons. The van der Waals surface area contributed by atoms with Crippen LogP contribution in [0.2, 0.25) is 0 Å². The normalized spacial score (nSPS) is 22.6. The molecule has 0 amide bonds. The van der Waals surface area contributed by atoms with Gasteiger partial charge in [-0.15, -0.1) is 0 Å². The Bertz CT molecular complexity index is 374. The monoisotopic (exact) mass is 401 g/mol. The van der Waals surface area contributed by atoms with Crippen LogP contribution in [0.4, 0.5) is 0 Å². The predicted octanol–water partition coefficient (Wildman–Crippen LogP) is 3.83. The molecule has 2 heterocycles. The van der Waals surface area contributed by atoms with Gasteiger partial charge in [-0.3, -0.25) is 4.90 Å². The maximum atomic E-state index is 5.70. The number of hydrogen-bond acceptors (Lipinski definition) is 6. The second-order valence-electron chi connectivity index (χ2n) is 8.28. The summed E-state index contributed by atoms with van der Waals surface area (Å²) in [5.74, 6) is -0.706. The zero-order valence-electron chi connectivity index (χ0n) is 18.6. The fourth-order valence-corrected chi connectivity index (χ4v) is 4.16. The molecular weight excluding hydrogens is 358 g/mol. The van der Waals surface area contributed by atoms with Crippen molar-refractivity contribution >= 4 is 0 Å². The minimum atomic E-state index is -0.937. The van der Waals surface area contributed by atoms with E-state index in [4.69, 9.17) is 23.7 Å². The van der Waals surface area contributed by atoms with Gasteiger partial charge in [-0.2, -0.15) is 0 Å². The van der Waals surface area contributed by atoms with Gasteiger partial charge in [0, 0.05) is 40.3 Å². The quantitative estimate of drug-likeness (QED) is 0.186. The van der Waals surface area contributed by atoms with E-state index < -0.39 is 5.97 Å². The van der Waals surface area contributed by atoms with Crippen LogP contribution in [0, 0.1) is 5.92 Å². The topological polar surface area (TPSA) is 56.0 Å². The third-order valence-corrected chi connectivity index (χ3v) is 6.02. The standard InChI is InChI=1S/C22H43NO5/c1-5-6-7-8-9-10-12-19(22(24-2,25-3)26-4)13-11-14-23(15-20-17-27-20)16-21-18-28-21/h19-21H,5-18H2,1-4H3. The fourth-order valence-electron chi connectivity index (χ4n) is 4.16. The maximum Gasteiger partial charge on any atom is 0.285 e. The van der Waals surface area contributed by atoms with E-state index in [1.54, 1.807) is 21.3 Å². The van der Waals surface area contributed by atoms with E-state index in [2.05, 4.69) is 11.8 Å². The van der Waals surface area contributed by atoms with E-state index in [0.29, 0.717) is 12.2 Å². The summed E-state index contributed by atoms with van der Waals surface area (Å²) in [4.78, 5) is 2.49. The van der Waals surface area contributed by atoms with E-state index in [-0.39, 0.29) is 5.92 Å². The molecule has 0 aromatic rings. The van der Waals surface area contributed by atoms with Crippen molar-refractivity contribution in [3.63, 3.8) is 0 Å². The zero-order valence-corrected chi connectivity index (χ0v) is 18.6. The lowest BCUT2D eigenvalue weighted by atomic mass is 9.92. The van der Waals surface area contributed by atoms with Crippen LogP contribution in [0.15, 0.2) is 0 Å². The third kappa shape index (κ3) is 8.64. The zero-order chi connectivity index (χ0) is 20.2. The summed E-state index contributed by atoms with van der Waals surface area (Å²) in [6.07, 6.45) is 11.8. The van der Waals surface area contributed by atoms with E-state index in [0.717, 1.165) is 52.1 Å². The number of unbranched alkanes of at least 4 members (excludes halogenated alkanes) is 5. The van der Waals surface area contributed by atoms with Crippen LogP contribution < -0.4 is 0 Å². The Kier molecular flexibility index (Phi) is 11.3. The number of ether oxygens (including phenoxy) is 5. The number of nitrogens with zero attached hydrogens (tertiary/aromatic N) is 1. The SMILES string of the molecule is CCCCCCCCC(CCCN(CC1CO1)CC1CO1)C(OC)(OC)OC. The van der Waals surface area contributed by atoms with Crippen molar-refractivity contribution < 1.29 is 23.7 Å². The van der Waals surface area contributed by atoms with E-state index in [1.807, 2.05) is 0 Å². The van der Waals surface area contributed by atoms with Gasteiger partial charge in [-0.05, 0) is 25.8 Å². The fraction of sp³-hybridized carbons (Fsp3) is 1.00. The minimum Gasteiger partial charge on any atom is -0.372 e. The van der Waals surface area contributed by atoms with Crippen molar-refractivity contribution in [2.75, 3.05) is 54.2 Å². The highest BCUT2D eigenvalue weighted by Crippen LogP contribution is 2.32. The number of rotatable bonds is 19. The first-order chi connectivity index (χ1) is 13.7. The highest BCUT2D eigenvalue weighted by atomic mass is 16.9. The molecule has 28 heavy (non-hydrogen) atoms. The molecule has 0 spiro atoms. The molecule has 6 heteroatoms. The van der Waals surface area contributed by atoms with Gasteiger partial charge in [-0.25, -0.2) is 0 Å². The molecule has 0 aromatic heterocycles. The molecule has 166 valence electrons. The second kappa shape index (κ2) is 13.1. The number of hydrogen-bond donors (Lipinski definition) is 0. The van der Waals surface area contributed by atoms with Crippen LogP contribution in [0.1, 0.15) is 64.7 Å². The molecule has 3 unspecified atom stereocenters. The molecule has 2 rings (SSSR count). The first-order valence-electron chi connectivity index (χ1n) is 11.3. The molecule has 0 N–H and O–H groups in total. The van der Waals surface area contributed by atoms with Crippen molar-refractivity contribution in [3.05, 3.63) is 0 Å². The van der Waals surface area contributed by atoms with Gasteiger partial charge in [0.25, 0.3) is 5.97 Å². The lowest BCUT2D eigenvalue weighted by Gasteiger charge is -2.37. The van der Waals surface area contributed by atoms with E-state index >= 15 is 0 Å². The summed E-state index contributed by atoms with van der Waals surface area (Å²) in [7, 11) is 5.05. The maximum absolute atomic E-state index is 5.70. The number of epoxide rings is 2. The molecule has 2 aliphatic rings. The minimum absolute atomic E-state index is 0.231. The smallest absolute Gasteiger partial charge is 0.285 e. The van der Waals surface area contributed by atoms with Crippen LogP contribution in [-0.4, -0.2) is 77.3 Å². The molecule has 2 aliphatic heterocycles. The molecule has 3 atom stereocenters. The Morgan fingerprint density at radius 1 is 0.821 bits per heavy atom. The lowest BCUT2D eigenvalue weighted by molar-refractivity contribution is -0.380. The van der Waals surface area contributed by atoms with Crippen LogP contribution in [0.3, 0.4) is 0 Å². The van der Waals surface area contributed by atoms with Crippen molar-refractivity contribution in [2.24, 2.45) is 5.92 Å². The van der Waals surface area contributed by atoms with E-state index in [9.17, 15) is 0 Å². The summed E-state index contributed by atoms with van der Waals surface area (Å²) >= 11 is 0. The third-order valence-electron chi connectivity index (χ3n) is 6.02. The van der Waals surface area contributed by atoms with Crippen molar-refractivity contribution in [3.8, 4) is 0 Å². The molecule has 2 saturated heterocycles. The van der Waals surface area contributed by atoms with Gasteiger partial charge in [-0.1, -0.05) is 45.4 Å². The number of methoxy groups -OCH3 is 3. The van der Waals surface area contributed by atoms with Crippen molar-refractivity contribution in [2.45, 2.75) is 82.9 Å². The van der Waals surface area contributed by atoms with Gasteiger partial charge in [0.2, 0.25) is 0 Å². The second-order valence-corrected chi connectivity index (χ2v) is 8.28. The lowest BCUT2D eigenvalue weighted by Crippen LogP contribution is -2.44. The van der Waals surface area contributed by atoms with Gasteiger partial charge in [0.05, 0.1) is 25.4 Å².